The average Bonchev–Trinajstić information content (AvgIpc) is 2.49. The second-order valence-corrected chi connectivity index (χ2v) is 5.17. The number of carbonyl (C=O) groups is 2. The smallest absolute Gasteiger partial charge is 0.312 e. The summed E-state index contributed by atoms with van der Waals surface area (Å²) in [5, 5.41) is 12.0. The topological polar surface area (TPSA) is 66.4 Å². The highest BCUT2D eigenvalue weighted by molar-refractivity contribution is 5.81. The van der Waals surface area contributed by atoms with Crippen LogP contribution in [0.1, 0.15) is 30.7 Å². The molecule has 21 heavy (non-hydrogen) atoms. The molecule has 0 radical (unpaired) electrons. The zero-order chi connectivity index (χ0) is 15.2. The van der Waals surface area contributed by atoms with E-state index in [0.29, 0.717) is 12.0 Å². The Hall–Kier alpha value is -2.17. The first kappa shape index (κ1) is 15.2. The first-order chi connectivity index (χ1) is 10.1. The molecule has 1 aliphatic rings. The third kappa shape index (κ3) is 4.15. The van der Waals surface area contributed by atoms with Gasteiger partial charge >= 0.3 is 5.97 Å². The van der Waals surface area contributed by atoms with E-state index in [1.54, 1.807) is 0 Å². The maximum absolute atomic E-state index is 12.9. The fourth-order valence-electron chi connectivity index (χ4n) is 2.42. The van der Waals surface area contributed by atoms with Crippen LogP contribution in [0.2, 0.25) is 0 Å². The lowest BCUT2D eigenvalue weighted by Gasteiger charge is -2.19. The zero-order valence-electron chi connectivity index (χ0n) is 11.6. The van der Waals surface area contributed by atoms with Gasteiger partial charge < -0.3 is 10.4 Å². The molecule has 0 aromatic heterocycles. The Morgan fingerprint density at radius 2 is 2.00 bits per heavy atom. The Kier molecular flexibility index (Phi) is 5.09. The summed E-state index contributed by atoms with van der Waals surface area (Å²) in [6.45, 7) is 0.0139. The quantitative estimate of drug-likeness (QED) is 0.819. The normalized spacial score (nSPS) is 19.0. The molecular formula is C16H18FNO3. The van der Waals surface area contributed by atoms with Gasteiger partial charge in [-0.25, -0.2) is 4.39 Å². The van der Waals surface area contributed by atoms with E-state index >= 15 is 0 Å². The molecule has 2 unspecified atom stereocenters. The van der Waals surface area contributed by atoms with Gasteiger partial charge in [0.25, 0.3) is 0 Å². The van der Waals surface area contributed by atoms with Gasteiger partial charge in [-0.05, 0) is 37.0 Å². The summed E-state index contributed by atoms with van der Waals surface area (Å²) in [5.41, 5.74) is 0.479. The fourth-order valence-corrected chi connectivity index (χ4v) is 2.42. The molecule has 5 heteroatoms. The molecule has 112 valence electrons. The van der Waals surface area contributed by atoms with Gasteiger partial charge in [0, 0.05) is 12.5 Å². The Bertz CT molecular complexity index is 539. The van der Waals surface area contributed by atoms with Crippen LogP contribution in [0.25, 0.3) is 0 Å². The summed E-state index contributed by atoms with van der Waals surface area (Å²) in [6.07, 6.45) is 6.37. The van der Waals surface area contributed by atoms with Gasteiger partial charge in [0.1, 0.15) is 5.82 Å². The number of carboxylic acid groups (broad SMARTS) is 1. The second kappa shape index (κ2) is 7.02. The average molecular weight is 291 g/mol. The molecule has 0 aliphatic heterocycles. The number of rotatable bonds is 5. The molecule has 1 aromatic rings. The molecule has 2 rings (SSSR count). The minimum atomic E-state index is -1.04. The number of carbonyl (C=O) groups excluding carboxylic acids is 1. The molecule has 1 amide bonds. The van der Waals surface area contributed by atoms with Crippen molar-refractivity contribution in [3.63, 3.8) is 0 Å². The van der Waals surface area contributed by atoms with Gasteiger partial charge in [-0.3, -0.25) is 9.59 Å². The van der Waals surface area contributed by atoms with Crippen molar-refractivity contribution in [3.8, 4) is 0 Å². The van der Waals surface area contributed by atoms with Crippen LogP contribution in [0.15, 0.2) is 36.4 Å². The lowest BCUT2D eigenvalue weighted by atomic mass is 9.93. The lowest BCUT2D eigenvalue weighted by molar-refractivity contribution is -0.138. The summed E-state index contributed by atoms with van der Waals surface area (Å²) in [6, 6.07) is 5.31. The number of halogens is 1. The second-order valence-electron chi connectivity index (χ2n) is 5.17. The maximum Gasteiger partial charge on any atom is 0.312 e. The number of hydrogen-bond donors (Lipinski definition) is 2. The number of nitrogens with one attached hydrogen (secondary N) is 1. The van der Waals surface area contributed by atoms with E-state index in [-0.39, 0.29) is 18.4 Å². The molecule has 0 heterocycles. The van der Waals surface area contributed by atoms with Crippen molar-refractivity contribution in [2.75, 3.05) is 6.54 Å². The molecule has 1 aliphatic carbocycles. The van der Waals surface area contributed by atoms with E-state index in [1.807, 2.05) is 12.2 Å². The van der Waals surface area contributed by atoms with Crippen molar-refractivity contribution in [2.45, 2.75) is 25.2 Å². The molecular weight excluding hydrogens is 273 g/mol. The van der Waals surface area contributed by atoms with E-state index in [4.69, 9.17) is 0 Å². The van der Waals surface area contributed by atoms with E-state index in [2.05, 4.69) is 5.32 Å². The SMILES string of the molecule is O=C(NCC(C(=O)O)c1ccc(F)cc1)C1CC=CCC1. The zero-order valence-corrected chi connectivity index (χ0v) is 11.6. The van der Waals surface area contributed by atoms with Gasteiger partial charge in [-0.2, -0.15) is 0 Å². The van der Waals surface area contributed by atoms with Crippen LogP contribution >= 0.6 is 0 Å². The monoisotopic (exact) mass is 291 g/mol. The summed E-state index contributed by atoms with van der Waals surface area (Å²) < 4.78 is 12.9. The van der Waals surface area contributed by atoms with E-state index < -0.39 is 17.7 Å². The Morgan fingerprint density at radius 3 is 2.57 bits per heavy atom. The summed E-state index contributed by atoms with van der Waals surface area (Å²) in [4.78, 5) is 23.3. The van der Waals surface area contributed by atoms with Crippen LogP contribution < -0.4 is 5.32 Å². The van der Waals surface area contributed by atoms with Crippen molar-refractivity contribution in [3.05, 3.63) is 47.8 Å². The third-order valence-electron chi connectivity index (χ3n) is 3.69. The van der Waals surface area contributed by atoms with Gasteiger partial charge in [-0.1, -0.05) is 24.3 Å². The number of aliphatic carboxylic acids is 1. The fraction of sp³-hybridized carbons (Fsp3) is 0.375. The van der Waals surface area contributed by atoms with E-state index in [9.17, 15) is 19.1 Å². The minimum absolute atomic E-state index is 0.0139. The molecule has 2 N–H and O–H groups in total. The highest BCUT2D eigenvalue weighted by atomic mass is 19.1. The molecule has 0 saturated carbocycles. The number of carboxylic acids is 1. The molecule has 1 aromatic carbocycles. The molecule has 0 saturated heterocycles. The molecule has 2 atom stereocenters. The van der Waals surface area contributed by atoms with Crippen LogP contribution in [-0.4, -0.2) is 23.5 Å². The van der Waals surface area contributed by atoms with Crippen LogP contribution in [0.5, 0.6) is 0 Å². The standard InChI is InChI=1S/C16H18FNO3/c17-13-8-6-11(7-9-13)14(16(20)21)10-18-15(19)12-4-2-1-3-5-12/h1-2,6-9,12,14H,3-5,10H2,(H,18,19)(H,20,21). The van der Waals surface area contributed by atoms with Gasteiger partial charge in [0.05, 0.1) is 5.92 Å². The Labute approximate surface area is 122 Å². The van der Waals surface area contributed by atoms with Crippen molar-refractivity contribution < 1.29 is 19.1 Å². The van der Waals surface area contributed by atoms with Crippen LogP contribution in [0, 0.1) is 11.7 Å². The van der Waals surface area contributed by atoms with E-state index in [0.717, 1.165) is 12.8 Å². The first-order valence-corrected chi connectivity index (χ1v) is 6.99. The lowest BCUT2D eigenvalue weighted by Crippen LogP contribution is -2.36. The van der Waals surface area contributed by atoms with Crippen molar-refractivity contribution in [1.82, 2.24) is 5.32 Å². The highest BCUT2D eigenvalue weighted by Gasteiger charge is 2.23. The van der Waals surface area contributed by atoms with Crippen LogP contribution in [0.4, 0.5) is 4.39 Å². The van der Waals surface area contributed by atoms with Crippen molar-refractivity contribution >= 4 is 11.9 Å². The Balaban J connectivity index is 1.97. The molecule has 4 nitrogen and oxygen atoms in total. The predicted octanol–water partition coefficient (Wildman–Crippen LogP) is 2.47. The highest BCUT2D eigenvalue weighted by Crippen LogP contribution is 2.19. The predicted molar refractivity (Wildman–Crippen MR) is 76.3 cm³/mol. The van der Waals surface area contributed by atoms with Crippen molar-refractivity contribution in [2.24, 2.45) is 5.92 Å². The molecule has 0 spiro atoms. The summed E-state index contributed by atoms with van der Waals surface area (Å²) in [5.74, 6) is -2.52. The first-order valence-electron chi connectivity index (χ1n) is 6.99. The maximum atomic E-state index is 12.9. The largest absolute Gasteiger partial charge is 0.481 e. The van der Waals surface area contributed by atoms with Gasteiger partial charge in [0.2, 0.25) is 5.91 Å². The van der Waals surface area contributed by atoms with Gasteiger partial charge in [0.15, 0.2) is 0 Å². The third-order valence-corrected chi connectivity index (χ3v) is 3.69. The number of benzene rings is 1. The molecule has 0 fully saturated rings. The Morgan fingerprint density at radius 1 is 1.29 bits per heavy atom. The number of hydrogen-bond acceptors (Lipinski definition) is 2. The van der Waals surface area contributed by atoms with Crippen LogP contribution in [-0.2, 0) is 9.59 Å². The summed E-state index contributed by atoms with van der Waals surface area (Å²) >= 11 is 0. The minimum Gasteiger partial charge on any atom is -0.481 e. The molecule has 0 bridgehead atoms. The number of allylic oxidation sites excluding steroid dienone is 2. The van der Waals surface area contributed by atoms with Crippen molar-refractivity contribution in [1.29, 1.82) is 0 Å². The van der Waals surface area contributed by atoms with E-state index in [1.165, 1.54) is 24.3 Å². The summed E-state index contributed by atoms with van der Waals surface area (Å²) in [7, 11) is 0. The van der Waals surface area contributed by atoms with Crippen LogP contribution in [0.3, 0.4) is 0 Å². The number of amides is 1. The van der Waals surface area contributed by atoms with Gasteiger partial charge in [-0.15, -0.1) is 0 Å².